The number of rotatable bonds is 10. The third-order valence-corrected chi connectivity index (χ3v) is 4.60. The number of aliphatic hydroxyl groups excluding tert-OH is 1. The van der Waals surface area contributed by atoms with E-state index in [1.54, 1.807) is 83.1 Å². The zero-order valence-electron chi connectivity index (χ0n) is 26.5. The van der Waals surface area contributed by atoms with Gasteiger partial charge in [-0.2, -0.15) is 0 Å². The molecule has 0 aromatic rings. The lowest BCUT2D eigenvalue weighted by atomic mass is 10.1. The van der Waals surface area contributed by atoms with E-state index in [0.717, 1.165) is 11.8 Å². The molecule has 3 N–H and O–H groups in total. The molecule has 0 rings (SSSR count). The molecule has 0 aliphatic carbocycles. The van der Waals surface area contributed by atoms with Crippen LogP contribution in [-0.2, 0) is 28.5 Å². The first kappa shape index (κ1) is 40.1. The summed E-state index contributed by atoms with van der Waals surface area (Å²) in [6.45, 7) is 21.1. The Morgan fingerprint density at radius 2 is 0.900 bits per heavy atom. The Morgan fingerprint density at radius 3 is 1.15 bits per heavy atom. The Morgan fingerprint density at radius 1 is 0.600 bits per heavy atom. The number of carbonyl (C=O) groups is 4. The summed E-state index contributed by atoms with van der Waals surface area (Å²) in [4.78, 5) is 47.5. The Labute approximate surface area is 248 Å². The van der Waals surface area contributed by atoms with Gasteiger partial charge in [-0.3, -0.25) is 0 Å². The molecule has 0 radical (unpaired) electrons. The summed E-state index contributed by atoms with van der Waals surface area (Å²) < 4.78 is 20.8. The number of esters is 2. The first-order chi connectivity index (χ1) is 17.9. The summed E-state index contributed by atoms with van der Waals surface area (Å²) in [5.74, 6) is -0.971. The van der Waals surface area contributed by atoms with Gasteiger partial charge in [0.25, 0.3) is 0 Å². The molecule has 2 atom stereocenters. The summed E-state index contributed by atoms with van der Waals surface area (Å²) in [5.41, 5.74) is -2.46. The van der Waals surface area contributed by atoms with Gasteiger partial charge in [0.1, 0.15) is 34.5 Å². The molecule has 12 heteroatoms. The monoisotopic (exact) mass is 640 g/mol. The van der Waals surface area contributed by atoms with Gasteiger partial charge >= 0.3 is 24.1 Å². The molecule has 0 fully saturated rings. The number of hydrogen-bond acceptors (Lipinski definition) is 9. The first-order valence-electron chi connectivity index (χ1n) is 13.5. The lowest BCUT2D eigenvalue weighted by molar-refractivity contribution is -0.158. The largest absolute Gasteiger partial charge is 0.458 e. The number of carbonyl (C=O) groups excluding carboxylic acids is 4. The maximum atomic E-state index is 12.1. The molecule has 0 spiro atoms. The number of alkyl carbamates (subject to hydrolysis) is 2. The van der Waals surface area contributed by atoms with Crippen molar-refractivity contribution in [3.05, 3.63) is 0 Å². The van der Waals surface area contributed by atoms with E-state index < -0.39 is 58.6 Å². The zero-order valence-corrected chi connectivity index (χ0v) is 28.1. The number of ether oxygens (including phenoxy) is 4. The van der Waals surface area contributed by atoms with E-state index in [9.17, 15) is 19.2 Å². The maximum Gasteiger partial charge on any atom is 0.408 e. The summed E-state index contributed by atoms with van der Waals surface area (Å²) in [7, 11) is 0. The van der Waals surface area contributed by atoms with Gasteiger partial charge in [-0.1, -0.05) is 15.9 Å². The van der Waals surface area contributed by atoms with Crippen LogP contribution in [0.5, 0.6) is 0 Å². The van der Waals surface area contributed by atoms with Gasteiger partial charge < -0.3 is 34.7 Å². The van der Waals surface area contributed by atoms with Gasteiger partial charge in [0.15, 0.2) is 0 Å². The van der Waals surface area contributed by atoms with E-state index >= 15 is 0 Å². The van der Waals surface area contributed by atoms with Crippen molar-refractivity contribution < 1.29 is 43.2 Å². The average molecular weight is 642 g/mol. The van der Waals surface area contributed by atoms with Crippen LogP contribution in [0.15, 0.2) is 0 Å². The molecule has 0 heterocycles. The maximum absolute atomic E-state index is 12.1. The van der Waals surface area contributed by atoms with Crippen molar-refractivity contribution >= 4 is 40.1 Å². The Bertz CT molecular complexity index is 726. The third kappa shape index (κ3) is 24.9. The van der Waals surface area contributed by atoms with Crippen LogP contribution in [0.2, 0.25) is 0 Å². The number of alkyl halides is 1. The van der Waals surface area contributed by atoms with Crippen LogP contribution in [0.1, 0.15) is 109 Å². The summed E-state index contributed by atoms with van der Waals surface area (Å²) in [6.07, 6.45) is 0.651. The highest BCUT2D eigenvalue weighted by Gasteiger charge is 2.29. The number of aliphatic hydroxyl groups is 1. The van der Waals surface area contributed by atoms with Crippen LogP contribution < -0.4 is 10.6 Å². The summed E-state index contributed by atoms with van der Waals surface area (Å²) in [6, 6.07) is -1.52. The SMILES string of the molecule is CC(C)(C)OC(=O)N[C@@H](CCCBr)C(=O)OC(C)(C)C.CC(C)(C)OC(=O)N[C@@H](CCCO)C(=O)OC(C)(C)C. The van der Waals surface area contributed by atoms with Crippen LogP contribution in [0.3, 0.4) is 0 Å². The van der Waals surface area contributed by atoms with Crippen molar-refractivity contribution in [1.82, 2.24) is 10.6 Å². The van der Waals surface area contributed by atoms with Gasteiger partial charge in [-0.05, 0) is 109 Å². The smallest absolute Gasteiger partial charge is 0.408 e. The number of halogens is 1. The van der Waals surface area contributed by atoms with Crippen molar-refractivity contribution in [2.75, 3.05) is 11.9 Å². The molecule has 236 valence electrons. The molecule has 0 unspecified atom stereocenters. The van der Waals surface area contributed by atoms with Crippen LogP contribution in [-0.4, -0.2) is 75.7 Å². The second-order valence-electron chi connectivity index (χ2n) is 13.2. The van der Waals surface area contributed by atoms with Gasteiger partial charge in [-0.25, -0.2) is 19.2 Å². The first-order valence-corrected chi connectivity index (χ1v) is 14.6. The van der Waals surface area contributed by atoms with Gasteiger partial charge in [0.05, 0.1) is 0 Å². The van der Waals surface area contributed by atoms with E-state index in [1.165, 1.54) is 0 Å². The molecular formula is C28H53BrN2O9. The predicted molar refractivity (Wildman–Crippen MR) is 157 cm³/mol. The molecule has 0 saturated carbocycles. The minimum Gasteiger partial charge on any atom is -0.458 e. The van der Waals surface area contributed by atoms with E-state index in [0.29, 0.717) is 19.3 Å². The highest BCUT2D eigenvalue weighted by molar-refractivity contribution is 9.09. The summed E-state index contributed by atoms with van der Waals surface area (Å²) >= 11 is 3.31. The van der Waals surface area contributed by atoms with Crippen LogP contribution in [0.25, 0.3) is 0 Å². The average Bonchev–Trinajstić information content (AvgIpc) is 2.69. The standard InChI is InChI=1S/C14H26BrNO4.C14H27NO5/c1-13(2,3)19-11(17)10(8-7-9-15)16-12(18)20-14(4,5)6;1-13(2,3)19-11(17)10(8-7-9-16)15-12(18)20-14(4,5)6/h10H,7-9H2,1-6H3,(H,16,18);10,16H,7-9H2,1-6H3,(H,15,18)/t2*10-/m00/s1. The normalized spacial score (nSPS) is 13.6. The quantitative estimate of drug-likeness (QED) is 0.162. The zero-order chi connectivity index (χ0) is 31.9. The predicted octanol–water partition coefficient (Wildman–Crippen LogP) is 5.39. The Kier molecular flexibility index (Phi) is 17.7. The Hall–Kier alpha value is -2.08. The van der Waals surface area contributed by atoms with E-state index in [4.69, 9.17) is 24.1 Å². The van der Waals surface area contributed by atoms with E-state index in [2.05, 4.69) is 26.6 Å². The van der Waals surface area contributed by atoms with Crippen molar-refractivity contribution in [2.24, 2.45) is 0 Å². The van der Waals surface area contributed by atoms with E-state index in [1.807, 2.05) is 0 Å². The molecule has 0 aliphatic heterocycles. The van der Waals surface area contributed by atoms with Crippen molar-refractivity contribution in [2.45, 2.75) is 143 Å². The summed E-state index contributed by atoms with van der Waals surface area (Å²) in [5, 5.41) is 14.7. The van der Waals surface area contributed by atoms with Gasteiger partial charge in [0, 0.05) is 11.9 Å². The topological polar surface area (TPSA) is 149 Å². The molecule has 0 bridgehead atoms. The van der Waals surface area contributed by atoms with Gasteiger partial charge in [-0.15, -0.1) is 0 Å². The lowest BCUT2D eigenvalue weighted by Crippen LogP contribution is -2.46. The molecule has 11 nitrogen and oxygen atoms in total. The van der Waals surface area contributed by atoms with Gasteiger partial charge in [0.2, 0.25) is 0 Å². The number of amides is 2. The number of nitrogens with one attached hydrogen (secondary N) is 2. The van der Waals surface area contributed by atoms with Crippen LogP contribution in [0, 0.1) is 0 Å². The molecule has 0 aromatic heterocycles. The van der Waals surface area contributed by atoms with Crippen molar-refractivity contribution in [3.8, 4) is 0 Å². The minimum absolute atomic E-state index is 0.0602. The molecule has 0 aromatic carbocycles. The second kappa shape index (κ2) is 17.7. The molecule has 40 heavy (non-hydrogen) atoms. The number of hydrogen-bond donors (Lipinski definition) is 3. The third-order valence-electron chi connectivity index (χ3n) is 4.04. The molecular weight excluding hydrogens is 588 g/mol. The van der Waals surface area contributed by atoms with Crippen molar-refractivity contribution in [3.63, 3.8) is 0 Å². The minimum atomic E-state index is -0.823. The fourth-order valence-corrected chi connectivity index (χ4v) is 3.04. The van der Waals surface area contributed by atoms with E-state index in [-0.39, 0.29) is 6.61 Å². The van der Waals surface area contributed by atoms with Crippen LogP contribution in [0.4, 0.5) is 9.59 Å². The highest BCUT2D eigenvalue weighted by Crippen LogP contribution is 2.14. The second-order valence-corrected chi connectivity index (χ2v) is 14.0. The highest BCUT2D eigenvalue weighted by atomic mass is 79.9. The fraction of sp³-hybridized carbons (Fsp3) is 0.857. The fourth-order valence-electron chi connectivity index (χ4n) is 2.72. The Balaban J connectivity index is 0. The lowest BCUT2D eigenvalue weighted by Gasteiger charge is -2.26. The molecule has 0 aliphatic rings. The molecule has 2 amide bonds. The molecule has 0 saturated heterocycles. The van der Waals surface area contributed by atoms with Crippen molar-refractivity contribution in [1.29, 1.82) is 0 Å². The van der Waals surface area contributed by atoms with Crippen LogP contribution >= 0.6 is 15.9 Å².